The Morgan fingerprint density at radius 3 is 1.28 bits per heavy atom. The average molecular weight is 360 g/mol. The Morgan fingerprint density at radius 2 is 1.24 bits per heavy atom. The molecule has 1 saturated carbocycles. The molecule has 1 N–H and O–H groups in total. The van der Waals surface area contributed by atoms with Crippen LogP contribution in [-0.2, 0) is 0 Å². The molecule has 0 aliphatic heterocycles. The molecule has 0 atom stereocenters. The van der Waals surface area contributed by atoms with Crippen LogP contribution in [0.15, 0.2) is 0 Å². The molecule has 1 aliphatic rings. The standard InChI is InChI=1S/C6H11N.C6H12.C5H12.C4H10O.2CH4/c1-6(2)4-3-5-7;1-5(2)6-3-4-6;1-4-5(2)3;1-4(2)3-5;;/h6H,3-4H2,1-2H3;5-6H,3-4H2,1-2H3;5H,4H2,1-3H3;4-5H,3H2,1-2H3;2*1H4. The smallest absolute Gasteiger partial charge is 0.0621 e. The van der Waals surface area contributed by atoms with E-state index >= 15 is 0 Å². The van der Waals surface area contributed by atoms with E-state index in [2.05, 4.69) is 54.5 Å². The third-order valence-electron chi connectivity index (χ3n) is 3.58. The van der Waals surface area contributed by atoms with Gasteiger partial charge in [0.15, 0.2) is 0 Å². The molecule has 1 fully saturated rings. The van der Waals surface area contributed by atoms with Gasteiger partial charge in [-0.15, -0.1) is 0 Å². The SMILES string of the molecule is C.C.CC(C)C1CC1.CC(C)CCC#N.CC(C)CO.CCC(C)C. The quantitative estimate of drug-likeness (QED) is 0.541. The first kappa shape index (κ1) is 35.5. The number of rotatable bonds is 5. The van der Waals surface area contributed by atoms with Gasteiger partial charge in [-0.05, 0) is 48.9 Å². The molecule has 2 heteroatoms. The van der Waals surface area contributed by atoms with Crippen molar-refractivity contribution in [2.45, 2.75) is 109 Å². The molecule has 0 unspecified atom stereocenters. The lowest BCUT2D eigenvalue weighted by molar-refractivity contribution is 0.248. The molecule has 0 radical (unpaired) electrons. The maximum absolute atomic E-state index is 8.14. The van der Waals surface area contributed by atoms with Crippen LogP contribution in [0.5, 0.6) is 0 Å². The second kappa shape index (κ2) is 25.7. The van der Waals surface area contributed by atoms with E-state index in [0.717, 1.165) is 24.2 Å². The predicted octanol–water partition coefficient (Wildman–Crippen LogP) is 7.96. The van der Waals surface area contributed by atoms with Crippen molar-refractivity contribution in [2.24, 2.45) is 29.6 Å². The first-order chi connectivity index (χ1) is 10.6. The fourth-order valence-electron chi connectivity index (χ4n) is 1.12. The molecule has 0 amide bonds. The Kier molecular flexibility index (Phi) is 36.5. The van der Waals surface area contributed by atoms with E-state index in [0.29, 0.717) is 24.9 Å². The molecule has 0 bridgehead atoms. The number of nitrogens with zero attached hydrogens (tertiary/aromatic N) is 1. The van der Waals surface area contributed by atoms with Gasteiger partial charge in [-0.25, -0.2) is 0 Å². The Bertz CT molecular complexity index is 239. The van der Waals surface area contributed by atoms with Gasteiger partial charge in [0.05, 0.1) is 6.07 Å². The van der Waals surface area contributed by atoms with Crippen molar-refractivity contribution in [3.05, 3.63) is 0 Å². The number of aliphatic hydroxyl groups is 1. The average Bonchev–Trinajstić information content (AvgIpc) is 3.31. The fourth-order valence-corrected chi connectivity index (χ4v) is 1.12. The van der Waals surface area contributed by atoms with Gasteiger partial charge in [-0.1, -0.05) is 83.6 Å². The number of hydrogen-bond acceptors (Lipinski definition) is 2. The van der Waals surface area contributed by atoms with Crippen molar-refractivity contribution in [1.82, 2.24) is 0 Å². The zero-order chi connectivity index (χ0) is 18.8. The van der Waals surface area contributed by atoms with Crippen LogP contribution >= 0.6 is 0 Å². The lowest BCUT2D eigenvalue weighted by atomic mass is 10.1. The van der Waals surface area contributed by atoms with Gasteiger partial charge in [0.2, 0.25) is 0 Å². The third-order valence-corrected chi connectivity index (χ3v) is 3.58. The van der Waals surface area contributed by atoms with E-state index in [1.165, 1.54) is 19.3 Å². The number of nitriles is 1. The predicted molar refractivity (Wildman–Crippen MR) is 118 cm³/mol. The minimum atomic E-state index is 0. The highest BCUT2D eigenvalue weighted by atomic mass is 16.3. The first-order valence-corrected chi connectivity index (χ1v) is 9.59. The van der Waals surface area contributed by atoms with Crippen LogP contribution < -0.4 is 0 Å². The molecule has 25 heavy (non-hydrogen) atoms. The zero-order valence-corrected chi connectivity index (χ0v) is 17.5. The monoisotopic (exact) mass is 359 g/mol. The largest absolute Gasteiger partial charge is 0.396 e. The normalized spacial score (nSPS) is 11.7. The molecule has 0 saturated heterocycles. The van der Waals surface area contributed by atoms with Crippen LogP contribution in [0.3, 0.4) is 0 Å². The van der Waals surface area contributed by atoms with Crippen LogP contribution in [0.25, 0.3) is 0 Å². The minimum absolute atomic E-state index is 0. The van der Waals surface area contributed by atoms with Crippen LogP contribution in [0.2, 0.25) is 0 Å². The summed E-state index contributed by atoms with van der Waals surface area (Å²) in [6.45, 7) is 19.7. The molecule has 156 valence electrons. The fraction of sp³-hybridized carbons (Fsp3) is 0.957. The minimum Gasteiger partial charge on any atom is -0.396 e. The van der Waals surface area contributed by atoms with Crippen molar-refractivity contribution in [1.29, 1.82) is 5.26 Å². The molecular formula is C23H53NO. The first-order valence-electron chi connectivity index (χ1n) is 9.59. The molecule has 0 aromatic heterocycles. The van der Waals surface area contributed by atoms with Crippen molar-refractivity contribution in [2.75, 3.05) is 6.61 Å². The van der Waals surface area contributed by atoms with Gasteiger partial charge in [-0.2, -0.15) is 5.26 Å². The Morgan fingerprint density at radius 1 is 0.880 bits per heavy atom. The summed E-state index contributed by atoms with van der Waals surface area (Å²) in [6.07, 6.45) is 6.05. The maximum atomic E-state index is 8.14. The van der Waals surface area contributed by atoms with E-state index in [4.69, 9.17) is 10.4 Å². The third kappa shape index (κ3) is 51.7. The van der Waals surface area contributed by atoms with E-state index in [1.54, 1.807) is 0 Å². The van der Waals surface area contributed by atoms with Gasteiger partial charge < -0.3 is 5.11 Å². The lowest BCUT2D eigenvalue weighted by Gasteiger charge is -1.94. The summed E-state index contributed by atoms with van der Waals surface area (Å²) in [5.41, 5.74) is 0. The zero-order valence-electron chi connectivity index (χ0n) is 17.5. The highest BCUT2D eigenvalue weighted by molar-refractivity contribution is 4.75. The van der Waals surface area contributed by atoms with Gasteiger partial charge in [0.25, 0.3) is 0 Å². The number of hydrogen-bond donors (Lipinski definition) is 1. The lowest BCUT2D eigenvalue weighted by Crippen LogP contribution is -1.90. The van der Waals surface area contributed by atoms with Crippen molar-refractivity contribution in [3.8, 4) is 6.07 Å². The topological polar surface area (TPSA) is 44.0 Å². The van der Waals surface area contributed by atoms with Crippen molar-refractivity contribution < 1.29 is 5.11 Å². The summed E-state index contributed by atoms with van der Waals surface area (Å²) >= 11 is 0. The second-order valence-corrected chi connectivity index (χ2v) is 8.05. The van der Waals surface area contributed by atoms with Gasteiger partial charge in [0, 0.05) is 13.0 Å². The Hall–Kier alpha value is -0.550. The molecule has 0 aromatic rings. The van der Waals surface area contributed by atoms with Crippen LogP contribution in [-0.4, -0.2) is 11.7 Å². The Labute approximate surface area is 162 Å². The summed E-state index contributed by atoms with van der Waals surface area (Å²) in [5, 5.41) is 16.2. The second-order valence-electron chi connectivity index (χ2n) is 8.05. The summed E-state index contributed by atoms with van der Waals surface area (Å²) in [7, 11) is 0. The van der Waals surface area contributed by atoms with Crippen LogP contribution in [0.1, 0.15) is 109 Å². The van der Waals surface area contributed by atoms with E-state index in [9.17, 15) is 0 Å². The van der Waals surface area contributed by atoms with Gasteiger partial charge in [0.1, 0.15) is 0 Å². The van der Waals surface area contributed by atoms with Crippen LogP contribution in [0.4, 0.5) is 0 Å². The van der Waals surface area contributed by atoms with Crippen LogP contribution in [0, 0.1) is 40.9 Å². The maximum Gasteiger partial charge on any atom is 0.0621 e. The van der Waals surface area contributed by atoms with Gasteiger partial charge in [-0.3, -0.25) is 0 Å². The summed E-state index contributed by atoms with van der Waals surface area (Å²) < 4.78 is 0. The molecular weight excluding hydrogens is 306 g/mol. The highest BCUT2D eigenvalue weighted by Crippen LogP contribution is 2.35. The number of aliphatic hydroxyl groups excluding tert-OH is 1. The van der Waals surface area contributed by atoms with Crippen molar-refractivity contribution >= 4 is 0 Å². The summed E-state index contributed by atoms with van der Waals surface area (Å²) in [6, 6.07) is 2.10. The molecule has 2 nitrogen and oxygen atoms in total. The van der Waals surface area contributed by atoms with E-state index in [-0.39, 0.29) is 14.9 Å². The summed E-state index contributed by atoms with van der Waals surface area (Å²) in [5.74, 6) is 4.07. The van der Waals surface area contributed by atoms with E-state index in [1.807, 2.05) is 13.8 Å². The molecule has 1 aliphatic carbocycles. The summed E-state index contributed by atoms with van der Waals surface area (Å²) in [4.78, 5) is 0. The van der Waals surface area contributed by atoms with Crippen molar-refractivity contribution in [3.63, 3.8) is 0 Å². The molecule has 0 spiro atoms. The molecule has 0 aromatic carbocycles. The molecule has 0 heterocycles. The van der Waals surface area contributed by atoms with E-state index < -0.39 is 0 Å². The molecule has 1 rings (SSSR count). The Balaban J connectivity index is -0.0000000699. The van der Waals surface area contributed by atoms with Gasteiger partial charge >= 0.3 is 0 Å². The highest BCUT2D eigenvalue weighted by Gasteiger charge is 2.23.